The topological polar surface area (TPSA) is 48.7 Å². The molecule has 0 radical (unpaired) electrons. The van der Waals surface area contributed by atoms with Crippen molar-refractivity contribution in [3.05, 3.63) is 23.9 Å². The molecule has 1 heterocycles. The standard InChI is InChI=1S/C7H7N3.ClH/c1-9-7-4-6(5-8)2-3-10-7;/h2-4H,1H3,(H,9,10);1H. The maximum Gasteiger partial charge on any atom is 0.126 e. The van der Waals surface area contributed by atoms with Crippen LogP contribution in [0.15, 0.2) is 18.3 Å². The Morgan fingerprint density at radius 2 is 2.36 bits per heavy atom. The van der Waals surface area contributed by atoms with E-state index in [9.17, 15) is 0 Å². The highest BCUT2D eigenvalue weighted by atomic mass is 35.5. The second kappa shape index (κ2) is 4.53. The molecule has 0 bridgehead atoms. The number of anilines is 1. The summed E-state index contributed by atoms with van der Waals surface area (Å²) in [7, 11) is 1.77. The molecular formula is C7H8ClN3. The highest BCUT2D eigenvalue weighted by molar-refractivity contribution is 5.85. The smallest absolute Gasteiger partial charge is 0.126 e. The Morgan fingerprint density at radius 3 is 2.91 bits per heavy atom. The molecule has 0 saturated heterocycles. The molecule has 1 aromatic heterocycles. The first-order valence-corrected chi connectivity index (χ1v) is 2.90. The van der Waals surface area contributed by atoms with Crippen LogP contribution in [0.3, 0.4) is 0 Å². The van der Waals surface area contributed by atoms with E-state index in [0.717, 1.165) is 5.82 Å². The van der Waals surface area contributed by atoms with Gasteiger partial charge in [0, 0.05) is 13.2 Å². The third-order valence-electron chi connectivity index (χ3n) is 1.15. The lowest BCUT2D eigenvalue weighted by molar-refractivity contribution is 1.27. The quantitative estimate of drug-likeness (QED) is 0.692. The van der Waals surface area contributed by atoms with Crippen LogP contribution in [0.5, 0.6) is 0 Å². The van der Waals surface area contributed by atoms with Gasteiger partial charge in [-0.05, 0) is 12.1 Å². The van der Waals surface area contributed by atoms with E-state index in [2.05, 4.69) is 10.3 Å². The van der Waals surface area contributed by atoms with E-state index < -0.39 is 0 Å². The summed E-state index contributed by atoms with van der Waals surface area (Å²) < 4.78 is 0. The fourth-order valence-electron chi connectivity index (χ4n) is 0.637. The lowest BCUT2D eigenvalue weighted by Crippen LogP contribution is -1.91. The number of halogens is 1. The average molecular weight is 170 g/mol. The zero-order chi connectivity index (χ0) is 7.40. The monoisotopic (exact) mass is 169 g/mol. The van der Waals surface area contributed by atoms with Crippen molar-refractivity contribution in [1.82, 2.24) is 4.98 Å². The molecule has 1 rings (SSSR count). The lowest BCUT2D eigenvalue weighted by Gasteiger charge is -1.95. The Kier molecular flexibility index (Phi) is 4.01. The molecule has 0 unspecified atom stereocenters. The van der Waals surface area contributed by atoms with Crippen molar-refractivity contribution in [3.63, 3.8) is 0 Å². The maximum atomic E-state index is 8.45. The summed E-state index contributed by atoms with van der Waals surface area (Å²) >= 11 is 0. The van der Waals surface area contributed by atoms with Gasteiger partial charge in [-0.1, -0.05) is 0 Å². The molecule has 3 nitrogen and oxygen atoms in total. The van der Waals surface area contributed by atoms with E-state index in [0.29, 0.717) is 5.56 Å². The lowest BCUT2D eigenvalue weighted by atomic mass is 10.3. The molecule has 0 amide bonds. The van der Waals surface area contributed by atoms with Crippen LogP contribution in [-0.4, -0.2) is 12.0 Å². The van der Waals surface area contributed by atoms with Gasteiger partial charge in [0.05, 0.1) is 11.6 Å². The number of nitriles is 1. The minimum Gasteiger partial charge on any atom is -0.373 e. The first-order chi connectivity index (χ1) is 4.86. The van der Waals surface area contributed by atoms with Gasteiger partial charge >= 0.3 is 0 Å². The Balaban J connectivity index is 0.000001000. The van der Waals surface area contributed by atoms with Crippen molar-refractivity contribution in [2.24, 2.45) is 0 Å². The van der Waals surface area contributed by atoms with E-state index in [1.165, 1.54) is 0 Å². The van der Waals surface area contributed by atoms with Crippen molar-refractivity contribution >= 4 is 18.2 Å². The zero-order valence-electron chi connectivity index (χ0n) is 6.03. The molecular weight excluding hydrogens is 162 g/mol. The van der Waals surface area contributed by atoms with E-state index in [-0.39, 0.29) is 12.4 Å². The molecule has 58 valence electrons. The molecule has 0 fully saturated rings. The van der Waals surface area contributed by atoms with Gasteiger partial charge in [0.15, 0.2) is 0 Å². The van der Waals surface area contributed by atoms with Crippen LogP contribution >= 0.6 is 12.4 Å². The number of pyridine rings is 1. The van der Waals surface area contributed by atoms with E-state index in [4.69, 9.17) is 5.26 Å². The zero-order valence-corrected chi connectivity index (χ0v) is 6.85. The summed E-state index contributed by atoms with van der Waals surface area (Å²) in [6.45, 7) is 0. The molecule has 0 saturated carbocycles. The molecule has 0 spiro atoms. The largest absolute Gasteiger partial charge is 0.373 e. The van der Waals surface area contributed by atoms with Crippen LogP contribution < -0.4 is 5.32 Å². The number of nitrogens with zero attached hydrogens (tertiary/aromatic N) is 2. The SMILES string of the molecule is CNc1cc(C#N)ccn1.Cl. The van der Waals surface area contributed by atoms with Gasteiger partial charge in [0.25, 0.3) is 0 Å². The minimum absolute atomic E-state index is 0. The number of rotatable bonds is 1. The Labute approximate surface area is 71.5 Å². The normalized spacial score (nSPS) is 7.64. The second-order valence-electron chi connectivity index (χ2n) is 1.79. The maximum absolute atomic E-state index is 8.45. The molecule has 11 heavy (non-hydrogen) atoms. The first-order valence-electron chi connectivity index (χ1n) is 2.90. The second-order valence-corrected chi connectivity index (χ2v) is 1.79. The van der Waals surface area contributed by atoms with Crippen LogP contribution in [0.2, 0.25) is 0 Å². The highest BCUT2D eigenvalue weighted by Gasteiger charge is 1.90. The van der Waals surface area contributed by atoms with Gasteiger partial charge in [-0.2, -0.15) is 5.26 Å². The molecule has 4 heteroatoms. The van der Waals surface area contributed by atoms with Gasteiger partial charge in [-0.3, -0.25) is 0 Å². The summed E-state index contributed by atoms with van der Waals surface area (Å²) in [4.78, 5) is 3.94. The van der Waals surface area contributed by atoms with Crippen molar-refractivity contribution < 1.29 is 0 Å². The van der Waals surface area contributed by atoms with Crippen molar-refractivity contribution in [1.29, 1.82) is 5.26 Å². The molecule has 0 atom stereocenters. The number of hydrogen-bond acceptors (Lipinski definition) is 3. The van der Waals surface area contributed by atoms with Gasteiger partial charge in [0.1, 0.15) is 5.82 Å². The predicted octanol–water partition coefficient (Wildman–Crippen LogP) is 1.42. The summed E-state index contributed by atoms with van der Waals surface area (Å²) in [5.74, 6) is 0.721. The van der Waals surface area contributed by atoms with Crippen molar-refractivity contribution in [2.75, 3.05) is 12.4 Å². The minimum atomic E-state index is 0. The van der Waals surface area contributed by atoms with Crippen molar-refractivity contribution in [2.45, 2.75) is 0 Å². The van der Waals surface area contributed by atoms with Crippen LogP contribution in [0.25, 0.3) is 0 Å². The van der Waals surface area contributed by atoms with Gasteiger partial charge in [0.2, 0.25) is 0 Å². The van der Waals surface area contributed by atoms with Crippen LogP contribution in [0, 0.1) is 11.3 Å². The predicted molar refractivity (Wildman–Crippen MR) is 45.7 cm³/mol. The van der Waals surface area contributed by atoms with Crippen LogP contribution in [-0.2, 0) is 0 Å². The summed E-state index contributed by atoms with van der Waals surface area (Å²) in [6.07, 6.45) is 1.60. The fraction of sp³-hybridized carbons (Fsp3) is 0.143. The third-order valence-corrected chi connectivity index (χ3v) is 1.15. The molecule has 0 aliphatic heterocycles. The number of aromatic nitrogens is 1. The number of hydrogen-bond donors (Lipinski definition) is 1. The molecule has 1 aromatic rings. The molecule has 0 aromatic carbocycles. The van der Waals surface area contributed by atoms with Gasteiger partial charge in [-0.25, -0.2) is 4.98 Å². The summed E-state index contributed by atoms with van der Waals surface area (Å²) in [5.41, 5.74) is 0.624. The molecule has 1 N–H and O–H groups in total. The van der Waals surface area contributed by atoms with E-state index in [1.807, 2.05) is 6.07 Å². The van der Waals surface area contributed by atoms with Gasteiger partial charge in [-0.15, -0.1) is 12.4 Å². The van der Waals surface area contributed by atoms with Gasteiger partial charge < -0.3 is 5.32 Å². The average Bonchev–Trinajstić information content (AvgIpc) is 2.05. The first kappa shape index (κ1) is 9.73. The van der Waals surface area contributed by atoms with Crippen molar-refractivity contribution in [3.8, 4) is 6.07 Å². The Bertz CT molecular complexity index is 267. The summed E-state index contributed by atoms with van der Waals surface area (Å²) in [6, 6.07) is 5.38. The Morgan fingerprint density at radius 1 is 1.64 bits per heavy atom. The molecule has 0 aliphatic rings. The van der Waals surface area contributed by atoms with Crippen LogP contribution in [0.1, 0.15) is 5.56 Å². The fourth-order valence-corrected chi connectivity index (χ4v) is 0.637. The summed E-state index contributed by atoms with van der Waals surface area (Å²) in [5, 5.41) is 11.3. The highest BCUT2D eigenvalue weighted by Crippen LogP contribution is 2.03. The Hall–Kier alpha value is -1.27. The van der Waals surface area contributed by atoms with E-state index in [1.54, 1.807) is 25.4 Å². The van der Waals surface area contributed by atoms with Crippen LogP contribution in [0.4, 0.5) is 5.82 Å². The van der Waals surface area contributed by atoms with E-state index >= 15 is 0 Å². The number of nitrogens with one attached hydrogen (secondary N) is 1. The molecule has 0 aliphatic carbocycles. The third kappa shape index (κ3) is 2.44.